The van der Waals surface area contributed by atoms with Gasteiger partial charge in [0, 0.05) is 25.1 Å². The van der Waals surface area contributed by atoms with Crippen LogP contribution in [0.3, 0.4) is 0 Å². The lowest BCUT2D eigenvalue weighted by atomic mass is 9.95. The monoisotopic (exact) mass is 338 g/mol. The minimum absolute atomic E-state index is 0.0501. The van der Waals surface area contributed by atoms with Crippen LogP contribution in [0, 0.1) is 10.1 Å². The molecule has 0 unspecified atom stereocenters. The number of non-ortho nitro benzene ring substituents is 1. The van der Waals surface area contributed by atoms with E-state index in [-0.39, 0.29) is 31.8 Å². The Morgan fingerprint density at radius 1 is 1.42 bits per heavy atom. The van der Waals surface area contributed by atoms with Crippen LogP contribution < -0.4 is 11.5 Å². The van der Waals surface area contributed by atoms with Crippen molar-refractivity contribution in [2.24, 2.45) is 11.5 Å². The summed E-state index contributed by atoms with van der Waals surface area (Å²) in [6.45, 7) is -0.492. The van der Waals surface area contributed by atoms with Crippen LogP contribution in [-0.4, -0.2) is 51.7 Å². The van der Waals surface area contributed by atoms with E-state index in [0.29, 0.717) is 5.56 Å². The average Bonchev–Trinajstić information content (AvgIpc) is 2.91. The number of ether oxygens (including phenoxy) is 1. The zero-order valence-electron chi connectivity index (χ0n) is 12.8. The van der Waals surface area contributed by atoms with Crippen LogP contribution >= 0.6 is 0 Å². The molecule has 0 spiro atoms. The van der Waals surface area contributed by atoms with Crippen molar-refractivity contribution in [2.45, 2.75) is 24.7 Å². The van der Waals surface area contributed by atoms with Crippen molar-refractivity contribution in [3.63, 3.8) is 0 Å². The molecule has 0 bridgehead atoms. The number of nitrogens with two attached hydrogens (primary N) is 2. The van der Waals surface area contributed by atoms with Gasteiger partial charge >= 0.3 is 6.09 Å². The number of carbonyl (C=O) groups is 2. The highest BCUT2D eigenvalue weighted by atomic mass is 16.6. The molecule has 10 nitrogen and oxygen atoms in total. The Hall–Kier alpha value is -2.72. The Balaban J connectivity index is 2.05. The van der Waals surface area contributed by atoms with Crippen LogP contribution in [0.25, 0.3) is 0 Å². The number of likely N-dealkylation sites (tertiary alicyclic amines) is 1. The first-order valence-corrected chi connectivity index (χ1v) is 7.16. The SMILES string of the molecule is NC[C@]1(C(N)=O)C[C@@H](O)CN1C(=O)OCc1ccc([N+](=O)[O-])cc1. The van der Waals surface area contributed by atoms with Crippen LogP contribution in [0.5, 0.6) is 0 Å². The molecule has 1 aromatic carbocycles. The van der Waals surface area contributed by atoms with E-state index in [2.05, 4.69) is 0 Å². The Morgan fingerprint density at radius 2 is 2.04 bits per heavy atom. The van der Waals surface area contributed by atoms with Gasteiger partial charge in [0.15, 0.2) is 0 Å². The molecule has 24 heavy (non-hydrogen) atoms. The molecule has 2 amide bonds. The van der Waals surface area contributed by atoms with Crippen LogP contribution in [0.1, 0.15) is 12.0 Å². The van der Waals surface area contributed by atoms with E-state index in [4.69, 9.17) is 16.2 Å². The summed E-state index contributed by atoms with van der Waals surface area (Å²) in [7, 11) is 0. The van der Waals surface area contributed by atoms with Gasteiger partial charge in [0.05, 0.1) is 17.6 Å². The third kappa shape index (κ3) is 3.29. The molecule has 0 saturated carbocycles. The van der Waals surface area contributed by atoms with Crippen LogP contribution in [0.15, 0.2) is 24.3 Å². The lowest BCUT2D eigenvalue weighted by Crippen LogP contribution is -2.60. The predicted octanol–water partition coefficient (Wildman–Crippen LogP) is -0.519. The van der Waals surface area contributed by atoms with Gasteiger partial charge in [-0.05, 0) is 17.7 Å². The topological polar surface area (TPSA) is 162 Å². The molecule has 1 saturated heterocycles. The Bertz CT molecular complexity index is 649. The lowest BCUT2D eigenvalue weighted by Gasteiger charge is -2.33. The van der Waals surface area contributed by atoms with E-state index in [1.807, 2.05) is 0 Å². The number of amides is 2. The van der Waals surface area contributed by atoms with Gasteiger partial charge in [-0.1, -0.05) is 0 Å². The minimum Gasteiger partial charge on any atom is -0.445 e. The molecule has 2 rings (SSSR count). The number of carbonyl (C=O) groups excluding carboxylic acids is 2. The number of aliphatic hydroxyl groups is 1. The minimum atomic E-state index is -1.48. The number of benzene rings is 1. The molecule has 1 fully saturated rings. The fourth-order valence-electron chi connectivity index (χ4n) is 2.66. The number of β-amino-alcohol motifs (C(OH)–C–C–N with tert-alkyl or cyclic N) is 1. The maximum absolute atomic E-state index is 12.2. The zero-order valence-corrected chi connectivity index (χ0v) is 12.8. The second-order valence-electron chi connectivity index (χ2n) is 5.55. The van der Waals surface area contributed by atoms with Gasteiger partial charge in [-0.25, -0.2) is 4.79 Å². The van der Waals surface area contributed by atoms with E-state index < -0.39 is 28.6 Å². The summed E-state index contributed by atoms with van der Waals surface area (Å²) in [5, 5.41) is 20.3. The normalized spacial score (nSPS) is 23.1. The van der Waals surface area contributed by atoms with Crippen molar-refractivity contribution in [3.8, 4) is 0 Å². The highest BCUT2D eigenvalue weighted by molar-refractivity contribution is 5.89. The molecule has 130 valence electrons. The molecule has 0 aromatic heterocycles. The number of rotatable bonds is 5. The summed E-state index contributed by atoms with van der Waals surface area (Å²) >= 11 is 0. The number of primary amides is 1. The smallest absolute Gasteiger partial charge is 0.411 e. The second-order valence-corrected chi connectivity index (χ2v) is 5.55. The summed E-state index contributed by atoms with van der Waals surface area (Å²) in [4.78, 5) is 35.0. The van der Waals surface area contributed by atoms with Crippen molar-refractivity contribution in [2.75, 3.05) is 13.1 Å². The Labute approximate surface area is 137 Å². The summed E-state index contributed by atoms with van der Waals surface area (Å²) in [6, 6.07) is 5.48. The highest BCUT2D eigenvalue weighted by Gasteiger charge is 2.52. The molecule has 1 aliphatic rings. The quantitative estimate of drug-likeness (QED) is 0.480. The van der Waals surface area contributed by atoms with Gasteiger partial charge in [0.2, 0.25) is 5.91 Å². The zero-order chi connectivity index (χ0) is 17.9. The number of hydrogen-bond acceptors (Lipinski definition) is 7. The third-order valence-electron chi connectivity index (χ3n) is 4.01. The van der Waals surface area contributed by atoms with Crippen molar-refractivity contribution in [1.82, 2.24) is 4.90 Å². The van der Waals surface area contributed by atoms with Gasteiger partial charge < -0.3 is 21.3 Å². The lowest BCUT2D eigenvalue weighted by molar-refractivity contribution is -0.384. The fraction of sp³-hybridized carbons (Fsp3) is 0.429. The van der Waals surface area contributed by atoms with Crippen molar-refractivity contribution in [3.05, 3.63) is 39.9 Å². The van der Waals surface area contributed by atoms with Gasteiger partial charge in [-0.2, -0.15) is 0 Å². The Kier molecular flexibility index (Phi) is 5.00. The summed E-state index contributed by atoms with van der Waals surface area (Å²) in [6.07, 6.45) is -1.81. The number of hydrogen-bond donors (Lipinski definition) is 3. The van der Waals surface area contributed by atoms with E-state index >= 15 is 0 Å². The number of nitro groups is 1. The summed E-state index contributed by atoms with van der Waals surface area (Å²) in [5.41, 5.74) is 9.90. The molecule has 10 heteroatoms. The van der Waals surface area contributed by atoms with Crippen molar-refractivity contribution >= 4 is 17.7 Å². The van der Waals surface area contributed by atoms with Gasteiger partial charge in [-0.3, -0.25) is 19.8 Å². The van der Waals surface area contributed by atoms with Crippen molar-refractivity contribution in [1.29, 1.82) is 0 Å². The molecular formula is C14H18N4O6. The number of nitrogens with zero attached hydrogens (tertiary/aromatic N) is 2. The molecule has 0 radical (unpaired) electrons. The van der Waals surface area contributed by atoms with Gasteiger partial charge in [0.25, 0.3) is 5.69 Å². The molecule has 2 atom stereocenters. The van der Waals surface area contributed by atoms with Crippen LogP contribution in [0.2, 0.25) is 0 Å². The van der Waals surface area contributed by atoms with E-state index in [1.54, 1.807) is 0 Å². The molecule has 1 aliphatic heterocycles. The van der Waals surface area contributed by atoms with Gasteiger partial charge in [-0.15, -0.1) is 0 Å². The van der Waals surface area contributed by atoms with E-state index in [1.165, 1.54) is 24.3 Å². The maximum Gasteiger partial charge on any atom is 0.411 e. The first-order valence-electron chi connectivity index (χ1n) is 7.16. The van der Waals surface area contributed by atoms with E-state index in [0.717, 1.165) is 4.90 Å². The standard InChI is InChI=1S/C14H18N4O6/c15-8-14(12(16)20)5-11(19)6-17(14)13(21)24-7-9-1-3-10(4-2-9)18(22)23/h1-4,11,19H,5-8,15H2,(H2,16,20)/t11-,14+/m1/s1. The average molecular weight is 338 g/mol. The largest absolute Gasteiger partial charge is 0.445 e. The second kappa shape index (κ2) is 6.81. The predicted molar refractivity (Wildman–Crippen MR) is 81.6 cm³/mol. The van der Waals surface area contributed by atoms with Crippen LogP contribution in [0.4, 0.5) is 10.5 Å². The van der Waals surface area contributed by atoms with Crippen molar-refractivity contribution < 1.29 is 24.4 Å². The molecule has 1 aromatic rings. The summed E-state index contributed by atoms with van der Waals surface area (Å²) in [5.74, 6) is -0.811. The molecule has 5 N–H and O–H groups in total. The number of nitro benzene ring substituents is 1. The first-order chi connectivity index (χ1) is 11.3. The van der Waals surface area contributed by atoms with Crippen LogP contribution in [-0.2, 0) is 16.1 Å². The van der Waals surface area contributed by atoms with E-state index in [9.17, 15) is 24.8 Å². The highest BCUT2D eigenvalue weighted by Crippen LogP contribution is 2.29. The Morgan fingerprint density at radius 3 is 2.54 bits per heavy atom. The molecular weight excluding hydrogens is 320 g/mol. The fourth-order valence-corrected chi connectivity index (χ4v) is 2.66. The molecule has 0 aliphatic carbocycles. The number of aliphatic hydroxyl groups excluding tert-OH is 1. The molecule has 1 heterocycles. The third-order valence-corrected chi connectivity index (χ3v) is 4.01. The van der Waals surface area contributed by atoms with Gasteiger partial charge in [0.1, 0.15) is 12.1 Å². The summed E-state index contributed by atoms with van der Waals surface area (Å²) < 4.78 is 5.11. The maximum atomic E-state index is 12.2. The first kappa shape index (κ1) is 17.6.